The lowest BCUT2D eigenvalue weighted by molar-refractivity contribution is -0.128. The highest BCUT2D eigenvalue weighted by Gasteiger charge is 2.47. The molecular formula is C19H24N4O. The Morgan fingerprint density at radius 1 is 1.29 bits per heavy atom. The van der Waals surface area contributed by atoms with Gasteiger partial charge in [-0.2, -0.15) is 5.10 Å². The molecule has 5 heteroatoms. The summed E-state index contributed by atoms with van der Waals surface area (Å²) in [6.07, 6.45) is 8.93. The van der Waals surface area contributed by atoms with Crippen LogP contribution in [0.2, 0.25) is 0 Å². The van der Waals surface area contributed by atoms with Crippen LogP contribution >= 0.6 is 0 Å². The van der Waals surface area contributed by atoms with Crippen molar-refractivity contribution in [1.29, 1.82) is 0 Å². The third kappa shape index (κ3) is 2.84. The van der Waals surface area contributed by atoms with Crippen LogP contribution in [0.15, 0.2) is 36.7 Å². The molecule has 2 fully saturated rings. The van der Waals surface area contributed by atoms with Gasteiger partial charge < -0.3 is 10.6 Å². The second-order valence-corrected chi connectivity index (χ2v) is 7.13. The van der Waals surface area contributed by atoms with Crippen LogP contribution < -0.4 is 10.6 Å². The van der Waals surface area contributed by atoms with Gasteiger partial charge in [0.05, 0.1) is 11.7 Å². The van der Waals surface area contributed by atoms with E-state index >= 15 is 0 Å². The van der Waals surface area contributed by atoms with Gasteiger partial charge >= 0.3 is 0 Å². The van der Waals surface area contributed by atoms with Crippen molar-refractivity contribution in [2.45, 2.75) is 50.2 Å². The molecule has 1 amide bonds. The Kier molecular flexibility index (Phi) is 3.88. The van der Waals surface area contributed by atoms with Crippen LogP contribution in [0.3, 0.4) is 0 Å². The SMILES string of the molecule is Cn1cc(-c2ccc(CN[C@H]3CCC(=O)NC34CCC4)cc2)cn1. The number of aryl methyl sites for hydroxylation is 1. The lowest BCUT2D eigenvalue weighted by Crippen LogP contribution is -2.67. The third-order valence-corrected chi connectivity index (χ3v) is 5.51. The van der Waals surface area contributed by atoms with Gasteiger partial charge in [-0.15, -0.1) is 0 Å². The fourth-order valence-corrected chi connectivity index (χ4v) is 3.93. The molecule has 1 saturated heterocycles. The molecule has 0 bridgehead atoms. The van der Waals surface area contributed by atoms with E-state index in [9.17, 15) is 4.79 Å². The van der Waals surface area contributed by atoms with Gasteiger partial charge in [0.2, 0.25) is 5.91 Å². The molecule has 0 radical (unpaired) electrons. The van der Waals surface area contributed by atoms with Gasteiger partial charge in [0.1, 0.15) is 0 Å². The Bertz CT molecular complexity index is 730. The quantitative estimate of drug-likeness (QED) is 0.908. The van der Waals surface area contributed by atoms with Crippen molar-refractivity contribution in [2.24, 2.45) is 7.05 Å². The number of nitrogens with zero attached hydrogens (tertiary/aromatic N) is 2. The zero-order chi connectivity index (χ0) is 16.6. The zero-order valence-corrected chi connectivity index (χ0v) is 14.1. The zero-order valence-electron chi connectivity index (χ0n) is 14.1. The Balaban J connectivity index is 1.40. The third-order valence-electron chi connectivity index (χ3n) is 5.51. The van der Waals surface area contributed by atoms with Crippen LogP contribution in [0.1, 0.15) is 37.7 Å². The minimum atomic E-state index is 0.0188. The van der Waals surface area contributed by atoms with Gasteiger partial charge in [-0.3, -0.25) is 9.48 Å². The summed E-state index contributed by atoms with van der Waals surface area (Å²) < 4.78 is 1.82. The number of carbonyl (C=O) groups is 1. The first kappa shape index (κ1) is 15.4. The van der Waals surface area contributed by atoms with Crippen LogP contribution in [-0.4, -0.2) is 27.3 Å². The molecule has 0 unspecified atom stereocenters. The number of piperidine rings is 1. The predicted octanol–water partition coefficient (Wildman–Crippen LogP) is 2.38. The average Bonchev–Trinajstić information content (AvgIpc) is 2.99. The molecule has 2 aromatic rings. The van der Waals surface area contributed by atoms with Gasteiger partial charge in [0.25, 0.3) is 0 Å². The molecule has 5 nitrogen and oxygen atoms in total. The molecular weight excluding hydrogens is 300 g/mol. The monoisotopic (exact) mass is 324 g/mol. The molecule has 1 spiro atoms. The molecule has 2 heterocycles. The Morgan fingerprint density at radius 3 is 2.71 bits per heavy atom. The van der Waals surface area contributed by atoms with Gasteiger partial charge in [-0.1, -0.05) is 24.3 Å². The molecule has 126 valence electrons. The highest BCUT2D eigenvalue weighted by atomic mass is 16.1. The van der Waals surface area contributed by atoms with Gasteiger partial charge in [0.15, 0.2) is 0 Å². The summed E-state index contributed by atoms with van der Waals surface area (Å²) >= 11 is 0. The number of amides is 1. The predicted molar refractivity (Wildman–Crippen MR) is 93.2 cm³/mol. The van der Waals surface area contributed by atoms with Crippen molar-refractivity contribution < 1.29 is 4.79 Å². The van der Waals surface area contributed by atoms with Gasteiger partial charge in [-0.05, 0) is 36.8 Å². The highest BCUT2D eigenvalue weighted by Crippen LogP contribution is 2.39. The largest absolute Gasteiger partial charge is 0.349 e. The summed E-state index contributed by atoms with van der Waals surface area (Å²) in [5.41, 5.74) is 3.62. The second-order valence-electron chi connectivity index (χ2n) is 7.13. The summed E-state index contributed by atoms with van der Waals surface area (Å²) in [5.74, 6) is 0.216. The maximum atomic E-state index is 11.7. The topological polar surface area (TPSA) is 59.0 Å². The minimum absolute atomic E-state index is 0.0188. The fraction of sp³-hybridized carbons (Fsp3) is 0.474. The van der Waals surface area contributed by atoms with E-state index in [2.05, 4.69) is 40.0 Å². The molecule has 2 N–H and O–H groups in total. The number of aromatic nitrogens is 2. The van der Waals surface area contributed by atoms with Gasteiger partial charge in [-0.25, -0.2) is 0 Å². The lowest BCUT2D eigenvalue weighted by atomic mass is 9.68. The maximum Gasteiger partial charge on any atom is 0.220 e. The van der Waals surface area contributed by atoms with Crippen LogP contribution in [0.4, 0.5) is 0 Å². The van der Waals surface area contributed by atoms with E-state index in [1.54, 1.807) is 0 Å². The molecule has 1 atom stereocenters. The summed E-state index contributed by atoms with van der Waals surface area (Å²) in [6, 6.07) is 9.03. The van der Waals surface area contributed by atoms with E-state index < -0.39 is 0 Å². The van der Waals surface area contributed by atoms with Crippen LogP contribution in [0, 0.1) is 0 Å². The molecule has 4 rings (SSSR count). The van der Waals surface area contributed by atoms with Crippen LogP contribution in [0.25, 0.3) is 11.1 Å². The summed E-state index contributed by atoms with van der Waals surface area (Å²) in [4.78, 5) is 11.7. The normalized spacial score (nSPS) is 22.2. The van der Waals surface area contributed by atoms with Crippen molar-refractivity contribution >= 4 is 5.91 Å². The number of hydrogen-bond donors (Lipinski definition) is 2. The maximum absolute atomic E-state index is 11.7. The van der Waals surface area contributed by atoms with Crippen molar-refractivity contribution in [3.8, 4) is 11.1 Å². The first-order valence-electron chi connectivity index (χ1n) is 8.77. The molecule has 1 saturated carbocycles. The van der Waals surface area contributed by atoms with Crippen molar-refractivity contribution in [3.05, 3.63) is 42.2 Å². The smallest absolute Gasteiger partial charge is 0.220 e. The number of rotatable bonds is 4. The van der Waals surface area contributed by atoms with Crippen molar-refractivity contribution in [2.75, 3.05) is 0 Å². The highest BCUT2D eigenvalue weighted by molar-refractivity contribution is 5.78. The first-order valence-corrected chi connectivity index (χ1v) is 8.77. The fourth-order valence-electron chi connectivity index (χ4n) is 3.93. The molecule has 1 aliphatic carbocycles. The first-order chi connectivity index (χ1) is 11.6. The Morgan fingerprint density at radius 2 is 2.08 bits per heavy atom. The van der Waals surface area contributed by atoms with Crippen molar-refractivity contribution in [1.82, 2.24) is 20.4 Å². The average molecular weight is 324 g/mol. The minimum Gasteiger partial charge on any atom is -0.349 e. The summed E-state index contributed by atoms with van der Waals surface area (Å²) in [5, 5.41) is 11.1. The standard InChI is InChI=1S/C19H24N4O/c1-23-13-16(12-21-23)15-5-3-14(4-6-15)11-20-17-7-8-18(24)22-19(17)9-2-10-19/h3-6,12-13,17,20H,2,7-11H2,1H3,(H,22,24)/t17-/m0/s1. The lowest BCUT2D eigenvalue weighted by Gasteiger charge is -2.51. The van der Waals surface area contributed by atoms with E-state index in [1.807, 2.05) is 24.1 Å². The molecule has 24 heavy (non-hydrogen) atoms. The number of nitrogens with one attached hydrogen (secondary N) is 2. The molecule has 1 aliphatic heterocycles. The molecule has 1 aromatic carbocycles. The van der Waals surface area contributed by atoms with E-state index in [1.165, 1.54) is 17.5 Å². The van der Waals surface area contributed by atoms with E-state index in [0.29, 0.717) is 12.5 Å². The van der Waals surface area contributed by atoms with E-state index in [4.69, 9.17) is 0 Å². The number of hydrogen-bond acceptors (Lipinski definition) is 3. The Labute approximate surface area is 142 Å². The summed E-state index contributed by atoms with van der Waals surface area (Å²) in [7, 11) is 1.93. The second kappa shape index (κ2) is 6.06. The number of carbonyl (C=O) groups excluding carboxylic acids is 1. The van der Waals surface area contributed by atoms with E-state index in [-0.39, 0.29) is 11.4 Å². The van der Waals surface area contributed by atoms with Gasteiger partial charge in [0, 0.05) is 37.8 Å². The molecule has 1 aromatic heterocycles. The van der Waals surface area contributed by atoms with Crippen LogP contribution in [0.5, 0.6) is 0 Å². The number of benzene rings is 1. The van der Waals surface area contributed by atoms with E-state index in [0.717, 1.165) is 31.4 Å². The van der Waals surface area contributed by atoms with Crippen molar-refractivity contribution in [3.63, 3.8) is 0 Å². The Hall–Kier alpha value is -2.14. The van der Waals surface area contributed by atoms with Crippen LogP contribution in [-0.2, 0) is 18.4 Å². The molecule has 2 aliphatic rings. The summed E-state index contributed by atoms with van der Waals surface area (Å²) in [6.45, 7) is 0.843.